The van der Waals surface area contributed by atoms with Crippen molar-refractivity contribution in [3.63, 3.8) is 0 Å². The topological polar surface area (TPSA) is 111 Å². The molecule has 1 aliphatic heterocycles. The van der Waals surface area contributed by atoms with Gasteiger partial charge in [-0.2, -0.15) is 4.99 Å². The molecule has 0 aliphatic carbocycles. The molecule has 1 saturated heterocycles. The van der Waals surface area contributed by atoms with Gasteiger partial charge in [0.15, 0.2) is 11.0 Å². The number of aliphatic imine (C=N–C) groups is 2. The Bertz CT molecular complexity index is 1790. The maximum absolute atomic E-state index is 12.8. The minimum atomic E-state index is -4.77. The minimum absolute atomic E-state index is 0.0969. The highest BCUT2D eigenvalue weighted by Crippen LogP contribution is 2.36. The number of methoxy groups -OCH3 is 1. The average Bonchev–Trinajstić information content (AvgIpc) is 3.66. The second-order valence-corrected chi connectivity index (χ2v) is 11.5. The molecule has 0 spiro atoms. The Balaban J connectivity index is 1.25. The number of ether oxygens (including phenoxy) is 2. The van der Waals surface area contributed by atoms with Crippen LogP contribution in [0.5, 0.6) is 11.5 Å². The van der Waals surface area contributed by atoms with Gasteiger partial charge in [0.2, 0.25) is 5.91 Å². The van der Waals surface area contributed by atoms with E-state index in [1.807, 2.05) is 51.1 Å². The van der Waals surface area contributed by atoms with Crippen LogP contribution in [-0.4, -0.2) is 57.3 Å². The van der Waals surface area contributed by atoms with E-state index in [4.69, 9.17) is 4.74 Å². The molecule has 4 aromatic rings. The molecule has 1 aliphatic rings. The predicted octanol–water partition coefficient (Wildman–Crippen LogP) is 7.40. The summed E-state index contributed by atoms with van der Waals surface area (Å²) < 4.78 is 48.0. The molecular formula is C32H29F3N6O4S. The van der Waals surface area contributed by atoms with Crippen molar-refractivity contribution < 1.29 is 32.2 Å². The van der Waals surface area contributed by atoms with Gasteiger partial charge in [-0.15, -0.1) is 18.3 Å². The monoisotopic (exact) mass is 650 g/mol. The number of aromatic nitrogens is 3. The average molecular weight is 651 g/mol. The van der Waals surface area contributed by atoms with Crippen molar-refractivity contribution in [1.82, 2.24) is 14.8 Å². The Hall–Kier alpha value is -4.98. The molecule has 1 unspecified atom stereocenters. The predicted molar refractivity (Wildman–Crippen MR) is 170 cm³/mol. The van der Waals surface area contributed by atoms with E-state index < -0.39 is 12.4 Å². The van der Waals surface area contributed by atoms with Gasteiger partial charge in [0.25, 0.3) is 0 Å². The fourth-order valence-corrected chi connectivity index (χ4v) is 5.49. The number of thioether (sulfide) groups is 1. The van der Waals surface area contributed by atoms with Crippen molar-refractivity contribution in [3.8, 4) is 28.6 Å². The van der Waals surface area contributed by atoms with Gasteiger partial charge >= 0.3 is 12.4 Å². The number of nitrogens with zero attached hydrogens (tertiary/aromatic N) is 6. The van der Waals surface area contributed by atoms with Crippen LogP contribution in [0.3, 0.4) is 0 Å². The van der Waals surface area contributed by atoms with E-state index in [0.717, 1.165) is 11.1 Å². The molecule has 238 valence electrons. The number of carbonyl (C=O) groups excluding carboxylic acids is 2. The molecule has 0 radical (unpaired) electrons. The van der Waals surface area contributed by atoms with Gasteiger partial charge < -0.3 is 9.47 Å². The van der Waals surface area contributed by atoms with Gasteiger partial charge in [0.1, 0.15) is 17.8 Å². The van der Waals surface area contributed by atoms with Crippen molar-refractivity contribution in [3.05, 3.63) is 84.2 Å². The first-order valence-electron chi connectivity index (χ1n) is 14.1. The molecule has 5 rings (SSSR count). The summed E-state index contributed by atoms with van der Waals surface area (Å²) in [6.45, 7) is 5.90. The Kier molecular flexibility index (Phi) is 9.56. The number of alkyl halides is 3. The molecule has 14 heteroatoms. The number of benzene rings is 3. The van der Waals surface area contributed by atoms with Gasteiger partial charge in [-0.3, -0.25) is 9.69 Å². The number of amides is 3. The zero-order chi connectivity index (χ0) is 33.0. The van der Waals surface area contributed by atoms with Gasteiger partial charge in [0, 0.05) is 17.7 Å². The molecule has 0 saturated carbocycles. The van der Waals surface area contributed by atoms with Gasteiger partial charge in [0.05, 0.1) is 24.2 Å². The van der Waals surface area contributed by atoms with Crippen LogP contribution >= 0.6 is 11.8 Å². The third-order valence-corrected chi connectivity index (χ3v) is 7.91. The number of hydrogen-bond donors (Lipinski definition) is 0. The molecule has 1 atom stereocenters. The third kappa shape index (κ3) is 7.62. The summed E-state index contributed by atoms with van der Waals surface area (Å²) in [6, 6.07) is 17.4. The molecule has 0 N–H and O–H groups in total. The van der Waals surface area contributed by atoms with Crippen LogP contribution in [0, 0.1) is 0 Å². The molecule has 2 heterocycles. The minimum Gasteiger partial charge on any atom is -0.497 e. The first kappa shape index (κ1) is 32.4. The molecule has 3 aromatic carbocycles. The molecule has 3 amide bonds. The van der Waals surface area contributed by atoms with E-state index in [2.05, 4.69) is 24.8 Å². The molecule has 1 fully saturated rings. The molecule has 46 heavy (non-hydrogen) atoms. The van der Waals surface area contributed by atoms with Crippen molar-refractivity contribution in [2.45, 2.75) is 39.0 Å². The van der Waals surface area contributed by atoms with Gasteiger partial charge in [-0.25, -0.2) is 19.5 Å². The number of urea groups is 1. The van der Waals surface area contributed by atoms with Gasteiger partial charge in [-0.05, 0) is 59.5 Å². The smallest absolute Gasteiger partial charge is 0.497 e. The summed E-state index contributed by atoms with van der Waals surface area (Å²) in [6.07, 6.45) is -1.81. The second-order valence-electron chi connectivity index (χ2n) is 10.5. The zero-order valence-electron chi connectivity index (χ0n) is 25.2. The lowest BCUT2D eigenvalue weighted by molar-refractivity contribution is -0.274. The summed E-state index contributed by atoms with van der Waals surface area (Å²) >= 11 is 1.19. The standard InChI is InChI=1S/C32H29F3N6O4S/c1-19(2)26-15-25(44-4)13-14-27(26)41-28(42)17-46-31(41)38-30(43)36-16-20(3)21-5-7-22(8-6-21)29-37-18-40(39-29)23-9-11-24(12-10-23)45-32(33,34)35/h5-16,18-20H,17H2,1-4H3. The number of rotatable bonds is 8. The van der Waals surface area contributed by atoms with E-state index in [-0.39, 0.29) is 34.4 Å². The van der Waals surface area contributed by atoms with Crippen molar-refractivity contribution >= 4 is 40.8 Å². The summed E-state index contributed by atoms with van der Waals surface area (Å²) in [5, 5.41) is 4.69. The number of carbonyl (C=O) groups is 2. The highest BCUT2D eigenvalue weighted by atomic mass is 32.2. The molecular weight excluding hydrogens is 621 g/mol. The lowest BCUT2D eigenvalue weighted by Crippen LogP contribution is -2.30. The Morgan fingerprint density at radius 3 is 2.37 bits per heavy atom. The molecule has 0 bridgehead atoms. The lowest BCUT2D eigenvalue weighted by atomic mass is 10.00. The van der Waals surface area contributed by atoms with E-state index >= 15 is 0 Å². The second kappa shape index (κ2) is 13.6. The highest BCUT2D eigenvalue weighted by molar-refractivity contribution is 8.15. The highest BCUT2D eigenvalue weighted by Gasteiger charge is 2.33. The molecule has 1 aromatic heterocycles. The van der Waals surface area contributed by atoms with E-state index in [9.17, 15) is 22.8 Å². The number of amidine groups is 1. The van der Waals surface area contributed by atoms with Crippen molar-refractivity contribution in [2.24, 2.45) is 9.98 Å². The van der Waals surface area contributed by atoms with Crippen LogP contribution in [-0.2, 0) is 4.79 Å². The number of halogens is 3. The molecule has 10 nitrogen and oxygen atoms in total. The zero-order valence-corrected chi connectivity index (χ0v) is 26.0. The summed E-state index contributed by atoms with van der Waals surface area (Å²) in [4.78, 5) is 39.5. The summed E-state index contributed by atoms with van der Waals surface area (Å²) in [5.74, 6) is 0.615. The number of hydrogen-bond acceptors (Lipinski definition) is 7. The maximum Gasteiger partial charge on any atom is 0.573 e. The number of anilines is 1. The van der Waals surface area contributed by atoms with Gasteiger partial charge in [-0.1, -0.05) is 56.8 Å². The Morgan fingerprint density at radius 2 is 1.72 bits per heavy atom. The van der Waals surface area contributed by atoms with Crippen molar-refractivity contribution in [2.75, 3.05) is 17.8 Å². The lowest BCUT2D eigenvalue weighted by Gasteiger charge is -2.22. The summed E-state index contributed by atoms with van der Waals surface area (Å²) in [5.41, 5.74) is 3.65. The van der Waals surface area contributed by atoms with Crippen LogP contribution in [0.15, 0.2) is 83.0 Å². The van der Waals surface area contributed by atoms with E-state index in [0.29, 0.717) is 28.5 Å². The summed E-state index contributed by atoms with van der Waals surface area (Å²) in [7, 11) is 1.58. The fourth-order valence-electron chi connectivity index (χ4n) is 4.64. The largest absolute Gasteiger partial charge is 0.573 e. The van der Waals surface area contributed by atoms with Crippen LogP contribution < -0.4 is 14.4 Å². The van der Waals surface area contributed by atoms with E-state index in [1.165, 1.54) is 58.2 Å². The Morgan fingerprint density at radius 1 is 1.02 bits per heavy atom. The van der Waals surface area contributed by atoms with Crippen LogP contribution in [0.1, 0.15) is 43.7 Å². The third-order valence-electron chi connectivity index (χ3n) is 6.98. The maximum atomic E-state index is 12.8. The van der Waals surface area contributed by atoms with E-state index in [1.54, 1.807) is 19.2 Å². The quantitative estimate of drug-likeness (QED) is 0.183. The Labute approximate surface area is 267 Å². The fraction of sp³-hybridized carbons (Fsp3) is 0.250. The first-order valence-corrected chi connectivity index (χ1v) is 15.1. The van der Waals surface area contributed by atoms with Crippen LogP contribution in [0.25, 0.3) is 17.1 Å². The normalized spacial score (nSPS) is 15.3. The van der Waals surface area contributed by atoms with Crippen LogP contribution in [0.2, 0.25) is 0 Å². The first-order chi connectivity index (χ1) is 21.9. The SMILES string of the molecule is COc1ccc(N2C(=O)CSC2=NC(=O)N=CC(C)c2ccc(-c3ncn(-c4ccc(OC(F)(F)F)cc4)n3)cc2)c(C(C)C)c1. The van der Waals surface area contributed by atoms with Crippen LogP contribution in [0.4, 0.5) is 23.7 Å². The van der Waals surface area contributed by atoms with Crippen molar-refractivity contribution in [1.29, 1.82) is 0 Å².